The number of hydrogen-bond donors (Lipinski definition) is 0. The zero-order valence-corrected chi connectivity index (χ0v) is 14.5. The summed E-state index contributed by atoms with van der Waals surface area (Å²) in [5, 5.41) is 0.459. The molecule has 5 nitrogen and oxygen atoms in total. The summed E-state index contributed by atoms with van der Waals surface area (Å²) in [5.74, 6) is 2.33. The van der Waals surface area contributed by atoms with Gasteiger partial charge in [-0.05, 0) is 18.2 Å². The fourth-order valence-electron chi connectivity index (χ4n) is 2.99. The average Bonchev–Trinajstić information content (AvgIpc) is 2.96. The summed E-state index contributed by atoms with van der Waals surface area (Å²) < 4.78 is 5.13. The molecule has 0 N–H and O–H groups in total. The number of thioether (sulfide) groups is 1. The number of carbonyl (C=O) groups excluding carboxylic acids is 2. The first-order valence-corrected chi connectivity index (χ1v) is 9.14. The molecular formula is C16H19ClN2O3S. The van der Waals surface area contributed by atoms with Crippen molar-refractivity contribution in [2.45, 2.75) is 6.42 Å². The second-order valence-electron chi connectivity index (χ2n) is 5.66. The molecule has 124 valence electrons. The number of rotatable bonds is 3. The maximum atomic E-state index is 12.6. The molecule has 2 aliphatic rings. The van der Waals surface area contributed by atoms with Gasteiger partial charge in [0.05, 0.1) is 18.1 Å². The van der Waals surface area contributed by atoms with Gasteiger partial charge in [0.2, 0.25) is 11.8 Å². The molecule has 3 rings (SSSR count). The molecule has 0 radical (unpaired) electrons. The first-order chi connectivity index (χ1) is 11.1. The van der Waals surface area contributed by atoms with Crippen molar-refractivity contribution in [1.29, 1.82) is 0 Å². The molecule has 1 unspecified atom stereocenters. The van der Waals surface area contributed by atoms with Gasteiger partial charge in [-0.3, -0.25) is 9.59 Å². The molecule has 1 aromatic rings. The minimum Gasteiger partial charge on any atom is -0.495 e. The lowest BCUT2D eigenvalue weighted by Gasteiger charge is -2.28. The van der Waals surface area contributed by atoms with Gasteiger partial charge in [0.15, 0.2) is 0 Å². The van der Waals surface area contributed by atoms with Gasteiger partial charge in [-0.1, -0.05) is 11.6 Å². The topological polar surface area (TPSA) is 49.9 Å². The van der Waals surface area contributed by atoms with Crippen LogP contribution in [0.15, 0.2) is 18.2 Å². The number of carbonyl (C=O) groups is 2. The molecule has 0 spiro atoms. The van der Waals surface area contributed by atoms with Crippen LogP contribution in [-0.2, 0) is 9.59 Å². The van der Waals surface area contributed by atoms with E-state index in [0.29, 0.717) is 23.0 Å². The molecule has 0 aromatic heterocycles. The van der Waals surface area contributed by atoms with Gasteiger partial charge in [-0.25, -0.2) is 0 Å². The summed E-state index contributed by atoms with van der Waals surface area (Å²) in [6, 6.07) is 5.25. The largest absolute Gasteiger partial charge is 0.495 e. The summed E-state index contributed by atoms with van der Waals surface area (Å²) >= 11 is 8.00. The predicted octanol–water partition coefficient (Wildman–Crippen LogP) is 2.28. The summed E-state index contributed by atoms with van der Waals surface area (Å²) in [4.78, 5) is 28.4. The highest BCUT2D eigenvalue weighted by atomic mass is 35.5. The Hall–Kier alpha value is -1.40. The Morgan fingerprint density at radius 3 is 2.74 bits per heavy atom. The van der Waals surface area contributed by atoms with Crippen LogP contribution in [0.3, 0.4) is 0 Å². The molecule has 2 amide bonds. The Labute approximate surface area is 144 Å². The third kappa shape index (κ3) is 3.43. The average molecular weight is 355 g/mol. The molecule has 0 saturated carbocycles. The van der Waals surface area contributed by atoms with E-state index < -0.39 is 0 Å². The van der Waals surface area contributed by atoms with Gasteiger partial charge in [0.1, 0.15) is 5.75 Å². The smallest absolute Gasteiger partial charge is 0.228 e. The van der Waals surface area contributed by atoms with Crippen molar-refractivity contribution in [3.8, 4) is 5.75 Å². The summed E-state index contributed by atoms with van der Waals surface area (Å²) in [5.41, 5.74) is 0.713. The number of nitrogens with zero attached hydrogens (tertiary/aromatic N) is 2. The van der Waals surface area contributed by atoms with Gasteiger partial charge in [-0.2, -0.15) is 11.8 Å². The van der Waals surface area contributed by atoms with Crippen LogP contribution >= 0.6 is 23.4 Å². The van der Waals surface area contributed by atoms with E-state index in [1.54, 1.807) is 30.2 Å². The van der Waals surface area contributed by atoms with Crippen molar-refractivity contribution in [2.75, 3.05) is 43.1 Å². The summed E-state index contributed by atoms with van der Waals surface area (Å²) in [6.45, 7) is 1.98. The second-order valence-corrected chi connectivity index (χ2v) is 7.29. The van der Waals surface area contributed by atoms with Crippen molar-refractivity contribution in [3.05, 3.63) is 23.2 Å². The first-order valence-electron chi connectivity index (χ1n) is 7.60. The van der Waals surface area contributed by atoms with E-state index in [-0.39, 0.29) is 24.2 Å². The molecule has 1 aromatic carbocycles. The van der Waals surface area contributed by atoms with Gasteiger partial charge in [-0.15, -0.1) is 0 Å². The highest BCUT2D eigenvalue weighted by molar-refractivity contribution is 7.99. The van der Waals surface area contributed by atoms with Gasteiger partial charge in [0, 0.05) is 43.2 Å². The fraction of sp³-hybridized carbons (Fsp3) is 0.500. The SMILES string of the molecule is COc1ccc(N2CC(C(=O)N3CCSCC3)CC2=O)cc1Cl. The molecule has 0 aliphatic carbocycles. The minimum absolute atomic E-state index is 0.0315. The van der Waals surface area contributed by atoms with Crippen molar-refractivity contribution in [3.63, 3.8) is 0 Å². The Morgan fingerprint density at radius 1 is 1.35 bits per heavy atom. The number of ether oxygens (including phenoxy) is 1. The molecule has 23 heavy (non-hydrogen) atoms. The Bertz CT molecular complexity index is 619. The normalized spacial score (nSPS) is 21.7. The van der Waals surface area contributed by atoms with Gasteiger partial charge >= 0.3 is 0 Å². The van der Waals surface area contributed by atoms with Crippen molar-refractivity contribution >= 4 is 40.9 Å². The third-order valence-corrected chi connectivity index (χ3v) is 5.48. The number of amides is 2. The highest BCUT2D eigenvalue weighted by Gasteiger charge is 2.37. The third-order valence-electron chi connectivity index (χ3n) is 4.24. The minimum atomic E-state index is -0.258. The number of anilines is 1. The second kappa shape index (κ2) is 7.01. The maximum Gasteiger partial charge on any atom is 0.228 e. The molecule has 0 bridgehead atoms. The van der Waals surface area contributed by atoms with Crippen molar-refractivity contribution in [1.82, 2.24) is 4.90 Å². The van der Waals surface area contributed by atoms with E-state index in [1.807, 2.05) is 16.7 Å². The van der Waals surface area contributed by atoms with Crippen molar-refractivity contribution in [2.24, 2.45) is 5.92 Å². The van der Waals surface area contributed by atoms with Crippen LogP contribution in [0.5, 0.6) is 5.75 Å². The van der Waals surface area contributed by atoms with Crippen LogP contribution in [0.1, 0.15) is 6.42 Å². The van der Waals surface area contributed by atoms with E-state index in [0.717, 1.165) is 24.6 Å². The summed E-state index contributed by atoms with van der Waals surface area (Å²) in [7, 11) is 1.55. The van der Waals surface area contributed by atoms with Crippen LogP contribution in [0.2, 0.25) is 5.02 Å². The molecular weight excluding hydrogens is 336 g/mol. The van der Waals surface area contributed by atoms with E-state index in [4.69, 9.17) is 16.3 Å². The Kier molecular flexibility index (Phi) is 5.02. The Morgan fingerprint density at radius 2 is 2.09 bits per heavy atom. The molecule has 7 heteroatoms. The van der Waals surface area contributed by atoms with E-state index in [9.17, 15) is 9.59 Å². The van der Waals surface area contributed by atoms with Crippen LogP contribution in [0.25, 0.3) is 0 Å². The van der Waals surface area contributed by atoms with Gasteiger partial charge in [0.25, 0.3) is 0 Å². The molecule has 2 heterocycles. The molecule has 1 atom stereocenters. The highest BCUT2D eigenvalue weighted by Crippen LogP contribution is 2.32. The maximum absolute atomic E-state index is 12.6. The fourth-order valence-corrected chi connectivity index (χ4v) is 4.14. The predicted molar refractivity (Wildman–Crippen MR) is 92.4 cm³/mol. The van der Waals surface area contributed by atoms with Crippen LogP contribution in [0.4, 0.5) is 5.69 Å². The van der Waals surface area contributed by atoms with Gasteiger partial charge < -0.3 is 14.5 Å². The lowest BCUT2D eigenvalue weighted by Crippen LogP contribution is -2.42. The lowest BCUT2D eigenvalue weighted by atomic mass is 10.1. The van der Waals surface area contributed by atoms with Crippen LogP contribution < -0.4 is 9.64 Å². The van der Waals surface area contributed by atoms with Crippen LogP contribution in [-0.4, -0.2) is 55.0 Å². The molecule has 2 fully saturated rings. The lowest BCUT2D eigenvalue weighted by molar-refractivity contribution is -0.135. The van der Waals surface area contributed by atoms with E-state index >= 15 is 0 Å². The van der Waals surface area contributed by atoms with E-state index in [2.05, 4.69) is 0 Å². The standard InChI is InChI=1S/C16H19ClN2O3S/c1-22-14-3-2-12(9-13(14)17)19-10-11(8-15(19)20)16(21)18-4-6-23-7-5-18/h2-3,9,11H,4-8,10H2,1H3. The number of halogens is 1. The summed E-state index contributed by atoms with van der Waals surface area (Å²) in [6.07, 6.45) is 0.270. The molecule has 2 aliphatic heterocycles. The first kappa shape index (κ1) is 16.5. The molecule has 2 saturated heterocycles. The van der Waals surface area contributed by atoms with Crippen molar-refractivity contribution < 1.29 is 14.3 Å². The zero-order valence-electron chi connectivity index (χ0n) is 13.0. The van der Waals surface area contributed by atoms with E-state index in [1.165, 1.54) is 0 Å². The zero-order chi connectivity index (χ0) is 16.4. The number of methoxy groups -OCH3 is 1. The van der Waals surface area contributed by atoms with Crippen LogP contribution in [0, 0.1) is 5.92 Å². The Balaban J connectivity index is 1.72. The quantitative estimate of drug-likeness (QED) is 0.835. The number of benzene rings is 1. The monoisotopic (exact) mass is 354 g/mol. The number of hydrogen-bond acceptors (Lipinski definition) is 4.